The molecule has 0 spiro atoms. The van der Waals surface area contributed by atoms with Crippen molar-refractivity contribution in [3.05, 3.63) is 29.8 Å². The van der Waals surface area contributed by atoms with E-state index in [9.17, 15) is 9.90 Å². The van der Waals surface area contributed by atoms with Gasteiger partial charge in [-0.05, 0) is 37.6 Å². The molecule has 0 aliphatic carbocycles. The molecule has 0 aromatic heterocycles. The zero-order valence-electron chi connectivity index (χ0n) is 12.9. The second kappa shape index (κ2) is 7.43. The molecule has 1 unspecified atom stereocenters. The molecule has 0 bridgehead atoms. The fourth-order valence-electron chi connectivity index (χ4n) is 2.67. The second-order valence-electron chi connectivity index (χ2n) is 5.71. The lowest BCUT2D eigenvalue weighted by Crippen LogP contribution is -2.42. The molecule has 116 valence electrons. The molecule has 1 amide bonds. The van der Waals surface area contributed by atoms with E-state index in [1.54, 1.807) is 4.90 Å². The molecule has 2 N–H and O–H groups in total. The number of carbonyl (C=O) groups is 1. The average molecular weight is 291 g/mol. The smallest absolute Gasteiger partial charge is 0.254 e. The monoisotopic (exact) mass is 291 g/mol. The summed E-state index contributed by atoms with van der Waals surface area (Å²) >= 11 is 0. The summed E-state index contributed by atoms with van der Waals surface area (Å²) in [6, 6.07) is 7.95. The van der Waals surface area contributed by atoms with E-state index in [-0.39, 0.29) is 12.5 Å². The molecule has 1 aliphatic heterocycles. The van der Waals surface area contributed by atoms with Gasteiger partial charge in [-0.2, -0.15) is 0 Å². The Morgan fingerprint density at radius 1 is 1.43 bits per heavy atom. The van der Waals surface area contributed by atoms with Gasteiger partial charge in [0.2, 0.25) is 0 Å². The Balaban J connectivity index is 2.11. The Morgan fingerprint density at radius 2 is 2.24 bits per heavy atom. The Morgan fingerprint density at radius 3 is 2.86 bits per heavy atom. The van der Waals surface area contributed by atoms with Crippen molar-refractivity contribution in [3.63, 3.8) is 0 Å². The summed E-state index contributed by atoms with van der Waals surface area (Å²) in [6.45, 7) is 2.04. The Hall–Kier alpha value is -1.59. The van der Waals surface area contributed by atoms with Crippen LogP contribution in [0.15, 0.2) is 24.3 Å². The molecule has 1 fully saturated rings. The number of aliphatic hydroxyl groups excluding tert-OH is 1. The number of hydrogen-bond donors (Lipinski definition) is 2. The number of nitrogens with zero attached hydrogens (tertiary/aromatic N) is 2. The summed E-state index contributed by atoms with van der Waals surface area (Å²) in [5.41, 5.74) is 1.68. The Bertz CT molecular complexity index is 470. The second-order valence-corrected chi connectivity index (χ2v) is 5.71. The molecule has 5 heteroatoms. The maximum atomic E-state index is 12.7. The first-order valence-corrected chi connectivity index (χ1v) is 7.52. The quantitative estimate of drug-likeness (QED) is 0.819. The van der Waals surface area contributed by atoms with E-state index in [1.165, 1.54) is 0 Å². The minimum absolute atomic E-state index is 0.00810. The molecule has 5 nitrogen and oxygen atoms in total. The number of nitrogens with one attached hydrogen (secondary N) is 1. The highest BCUT2D eigenvalue weighted by molar-refractivity contribution is 5.95. The van der Waals surface area contributed by atoms with Crippen LogP contribution in [0, 0.1) is 0 Å². The van der Waals surface area contributed by atoms with Gasteiger partial charge in [-0.25, -0.2) is 0 Å². The first kappa shape index (κ1) is 15.8. The van der Waals surface area contributed by atoms with Gasteiger partial charge in [0.25, 0.3) is 5.91 Å². The molecule has 1 aromatic rings. The summed E-state index contributed by atoms with van der Waals surface area (Å²) in [4.78, 5) is 16.4. The lowest BCUT2D eigenvalue weighted by atomic mass is 10.1. The van der Waals surface area contributed by atoms with Crippen molar-refractivity contribution in [1.82, 2.24) is 10.2 Å². The van der Waals surface area contributed by atoms with Crippen molar-refractivity contribution in [3.8, 4) is 0 Å². The van der Waals surface area contributed by atoms with E-state index in [4.69, 9.17) is 0 Å². The number of hydrogen-bond acceptors (Lipinski definition) is 4. The normalized spacial score (nSPS) is 17.8. The first-order chi connectivity index (χ1) is 10.1. The zero-order valence-corrected chi connectivity index (χ0v) is 12.9. The minimum Gasteiger partial charge on any atom is -0.395 e. The van der Waals surface area contributed by atoms with Gasteiger partial charge in [-0.1, -0.05) is 6.07 Å². The van der Waals surface area contributed by atoms with Crippen molar-refractivity contribution in [2.24, 2.45) is 0 Å². The van der Waals surface area contributed by atoms with Crippen molar-refractivity contribution in [1.29, 1.82) is 0 Å². The van der Waals surface area contributed by atoms with Crippen LogP contribution in [0.1, 0.15) is 23.2 Å². The molecule has 0 radical (unpaired) electrons. The van der Waals surface area contributed by atoms with Crippen LogP contribution in [-0.2, 0) is 0 Å². The van der Waals surface area contributed by atoms with Crippen molar-refractivity contribution in [2.75, 3.05) is 45.2 Å². The van der Waals surface area contributed by atoms with E-state index in [1.807, 2.05) is 43.3 Å². The van der Waals surface area contributed by atoms with Crippen LogP contribution >= 0.6 is 0 Å². The number of carbonyl (C=O) groups excluding carboxylic acids is 1. The summed E-state index contributed by atoms with van der Waals surface area (Å²) in [5.74, 6) is -0.0125. The van der Waals surface area contributed by atoms with Crippen LogP contribution in [0.4, 0.5) is 5.69 Å². The van der Waals surface area contributed by atoms with Crippen LogP contribution in [-0.4, -0.2) is 62.3 Å². The molecule has 21 heavy (non-hydrogen) atoms. The van der Waals surface area contributed by atoms with Crippen LogP contribution < -0.4 is 10.2 Å². The highest BCUT2D eigenvalue weighted by Gasteiger charge is 2.22. The van der Waals surface area contributed by atoms with Gasteiger partial charge in [0.1, 0.15) is 0 Å². The molecule has 1 aliphatic rings. The molecule has 1 saturated heterocycles. The van der Waals surface area contributed by atoms with E-state index >= 15 is 0 Å². The zero-order chi connectivity index (χ0) is 15.2. The molecule has 1 aromatic carbocycles. The third-order valence-corrected chi connectivity index (χ3v) is 3.87. The van der Waals surface area contributed by atoms with E-state index < -0.39 is 0 Å². The standard InChI is InChI=1S/C16H25N3O2/c1-18(2)15-7-3-5-13(11-15)16(21)19(9-10-20)12-14-6-4-8-17-14/h3,5,7,11,14,17,20H,4,6,8-10,12H2,1-2H3. The topological polar surface area (TPSA) is 55.8 Å². The summed E-state index contributed by atoms with van der Waals surface area (Å²) < 4.78 is 0. The van der Waals surface area contributed by atoms with Crippen molar-refractivity contribution in [2.45, 2.75) is 18.9 Å². The van der Waals surface area contributed by atoms with Crippen molar-refractivity contribution >= 4 is 11.6 Å². The lowest BCUT2D eigenvalue weighted by molar-refractivity contribution is 0.0706. The van der Waals surface area contributed by atoms with Crippen LogP contribution in [0.5, 0.6) is 0 Å². The highest BCUT2D eigenvalue weighted by Crippen LogP contribution is 2.16. The van der Waals surface area contributed by atoms with E-state index in [2.05, 4.69) is 5.32 Å². The van der Waals surface area contributed by atoms with Gasteiger partial charge in [0.15, 0.2) is 0 Å². The van der Waals surface area contributed by atoms with Gasteiger partial charge in [0, 0.05) is 44.5 Å². The fraction of sp³-hybridized carbons (Fsp3) is 0.562. The Kier molecular flexibility index (Phi) is 5.59. The largest absolute Gasteiger partial charge is 0.395 e. The predicted octanol–water partition coefficient (Wildman–Crippen LogP) is 0.939. The van der Waals surface area contributed by atoms with Crippen LogP contribution in [0.2, 0.25) is 0 Å². The first-order valence-electron chi connectivity index (χ1n) is 7.52. The number of benzene rings is 1. The molecule has 0 saturated carbocycles. The maximum Gasteiger partial charge on any atom is 0.254 e. The summed E-state index contributed by atoms with van der Waals surface area (Å²) in [5, 5.41) is 12.6. The third-order valence-electron chi connectivity index (χ3n) is 3.87. The molecular weight excluding hydrogens is 266 g/mol. The van der Waals surface area contributed by atoms with Gasteiger partial charge in [-0.3, -0.25) is 4.79 Å². The van der Waals surface area contributed by atoms with Crippen LogP contribution in [0.25, 0.3) is 0 Å². The molecular formula is C16H25N3O2. The van der Waals surface area contributed by atoms with Gasteiger partial charge in [-0.15, -0.1) is 0 Å². The van der Waals surface area contributed by atoms with Crippen LogP contribution in [0.3, 0.4) is 0 Å². The fourth-order valence-corrected chi connectivity index (χ4v) is 2.67. The average Bonchev–Trinajstić information content (AvgIpc) is 2.99. The Labute approximate surface area is 126 Å². The summed E-state index contributed by atoms with van der Waals surface area (Å²) in [6.07, 6.45) is 2.24. The van der Waals surface area contributed by atoms with E-state index in [0.717, 1.165) is 25.1 Å². The number of amides is 1. The summed E-state index contributed by atoms with van der Waals surface area (Å²) in [7, 11) is 3.91. The SMILES string of the molecule is CN(C)c1cccc(C(=O)N(CCO)CC2CCCN2)c1. The number of rotatable bonds is 6. The minimum atomic E-state index is -0.0125. The number of aliphatic hydroxyl groups is 1. The van der Waals surface area contributed by atoms with E-state index in [0.29, 0.717) is 24.7 Å². The lowest BCUT2D eigenvalue weighted by Gasteiger charge is -2.25. The molecule has 1 heterocycles. The number of anilines is 1. The maximum absolute atomic E-state index is 12.7. The van der Waals surface area contributed by atoms with Gasteiger partial charge in [0.05, 0.1) is 6.61 Å². The third kappa shape index (κ3) is 4.19. The molecule has 1 atom stereocenters. The predicted molar refractivity (Wildman–Crippen MR) is 84.8 cm³/mol. The van der Waals surface area contributed by atoms with Crippen molar-refractivity contribution < 1.29 is 9.90 Å². The van der Waals surface area contributed by atoms with Gasteiger partial charge >= 0.3 is 0 Å². The molecule has 2 rings (SSSR count). The van der Waals surface area contributed by atoms with Gasteiger partial charge < -0.3 is 20.2 Å². The highest BCUT2D eigenvalue weighted by atomic mass is 16.3.